The van der Waals surface area contributed by atoms with Crippen molar-refractivity contribution in [3.8, 4) is 11.4 Å². The lowest BCUT2D eigenvalue weighted by Gasteiger charge is -2.14. The number of aromatic nitrogens is 4. The Morgan fingerprint density at radius 1 is 1.21 bits per heavy atom. The molecular weight excluding hydrogens is 374 g/mol. The molecule has 0 bridgehead atoms. The molecule has 3 aromatic rings. The molecule has 146 valence electrons. The van der Waals surface area contributed by atoms with Crippen molar-refractivity contribution in [1.29, 1.82) is 0 Å². The number of nitrogens with one attached hydrogen (secondary N) is 1. The molecule has 1 atom stereocenters. The van der Waals surface area contributed by atoms with E-state index in [2.05, 4.69) is 20.3 Å². The Morgan fingerprint density at radius 3 is 2.82 bits per heavy atom. The molecule has 28 heavy (non-hydrogen) atoms. The number of nitrogens with zero attached hydrogens (tertiary/aromatic N) is 4. The number of hydrogen-bond acceptors (Lipinski definition) is 6. The van der Waals surface area contributed by atoms with Crippen LogP contribution in [0.3, 0.4) is 0 Å². The van der Waals surface area contributed by atoms with Crippen LogP contribution < -0.4 is 10.1 Å². The van der Waals surface area contributed by atoms with Crippen molar-refractivity contribution in [2.75, 3.05) is 18.2 Å². The van der Waals surface area contributed by atoms with E-state index in [1.165, 1.54) is 0 Å². The number of fused-ring (bicyclic) bond motifs is 1. The summed E-state index contributed by atoms with van der Waals surface area (Å²) in [7, 11) is 0.636. The van der Waals surface area contributed by atoms with Gasteiger partial charge in [0, 0.05) is 23.7 Å². The number of aryl methyl sites for hydroxylation is 3. The van der Waals surface area contributed by atoms with Crippen molar-refractivity contribution < 1.29 is 8.95 Å². The van der Waals surface area contributed by atoms with Crippen LogP contribution in [0.4, 0.5) is 11.6 Å². The SMILES string of the molecule is COc1cc(Nc2nc(C)c3c(n2)CCCCS3=O)ccc1-n1cnc(C)c1. The second-order valence-electron chi connectivity index (χ2n) is 6.85. The third kappa shape index (κ3) is 3.64. The van der Waals surface area contributed by atoms with Gasteiger partial charge in [-0.3, -0.25) is 4.21 Å². The molecule has 1 aliphatic rings. The van der Waals surface area contributed by atoms with Gasteiger partial charge in [0.25, 0.3) is 0 Å². The summed E-state index contributed by atoms with van der Waals surface area (Å²) < 4.78 is 19.9. The summed E-state index contributed by atoms with van der Waals surface area (Å²) in [5, 5.41) is 3.26. The van der Waals surface area contributed by atoms with Gasteiger partial charge in [0.1, 0.15) is 5.75 Å². The van der Waals surface area contributed by atoms with Crippen LogP contribution in [0.5, 0.6) is 5.75 Å². The Bertz CT molecular complexity index is 1050. The highest BCUT2D eigenvalue weighted by molar-refractivity contribution is 7.85. The molecule has 0 fully saturated rings. The molecule has 0 spiro atoms. The van der Waals surface area contributed by atoms with E-state index in [0.29, 0.717) is 11.7 Å². The fourth-order valence-electron chi connectivity index (χ4n) is 3.42. The van der Waals surface area contributed by atoms with E-state index in [0.717, 1.165) is 58.4 Å². The van der Waals surface area contributed by atoms with E-state index < -0.39 is 10.8 Å². The normalized spacial score (nSPS) is 16.3. The van der Waals surface area contributed by atoms with Crippen LogP contribution in [0, 0.1) is 13.8 Å². The number of methoxy groups -OCH3 is 1. The van der Waals surface area contributed by atoms with Crippen LogP contribution in [0.1, 0.15) is 29.9 Å². The summed E-state index contributed by atoms with van der Waals surface area (Å²) >= 11 is 0. The molecule has 8 heteroatoms. The number of benzene rings is 1. The summed E-state index contributed by atoms with van der Waals surface area (Å²) in [6.45, 7) is 3.85. The highest BCUT2D eigenvalue weighted by Gasteiger charge is 2.20. The van der Waals surface area contributed by atoms with Gasteiger partial charge >= 0.3 is 0 Å². The minimum absolute atomic E-state index is 0.517. The fraction of sp³-hybridized carbons (Fsp3) is 0.350. The van der Waals surface area contributed by atoms with E-state index >= 15 is 0 Å². The lowest BCUT2D eigenvalue weighted by atomic mass is 10.2. The van der Waals surface area contributed by atoms with Gasteiger partial charge in [0.05, 0.1) is 51.9 Å². The minimum atomic E-state index is -1.01. The summed E-state index contributed by atoms with van der Waals surface area (Å²) in [5.41, 5.74) is 4.35. The van der Waals surface area contributed by atoms with Gasteiger partial charge in [0.2, 0.25) is 5.95 Å². The molecule has 0 aliphatic carbocycles. The van der Waals surface area contributed by atoms with E-state index in [4.69, 9.17) is 4.74 Å². The first-order valence-corrected chi connectivity index (χ1v) is 10.6. The van der Waals surface area contributed by atoms with Gasteiger partial charge in [0.15, 0.2) is 0 Å². The molecule has 3 heterocycles. The molecule has 4 rings (SSSR count). The molecule has 1 aliphatic heterocycles. The molecular formula is C20H23N5O2S. The monoisotopic (exact) mass is 397 g/mol. The van der Waals surface area contributed by atoms with Crippen LogP contribution in [0.15, 0.2) is 35.6 Å². The van der Waals surface area contributed by atoms with Crippen molar-refractivity contribution in [2.24, 2.45) is 0 Å². The van der Waals surface area contributed by atoms with E-state index in [-0.39, 0.29) is 0 Å². The highest BCUT2D eigenvalue weighted by atomic mass is 32.2. The van der Waals surface area contributed by atoms with Gasteiger partial charge in [-0.05, 0) is 45.2 Å². The molecule has 0 radical (unpaired) electrons. The third-order valence-corrected chi connectivity index (χ3v) is 6.40. The minimum Gasteiger partial charge on any atom is -0.494 e. The van der Waals surface area contributed by atoms with Crippen molar-refractivity contribution in [2.45, 2.75) is 38.0 Å². The van der Waals surface area contributed by atoms with Crippen LogP contribution in [-0.2, 0) is 17.2 Å². The lowest BCUT2D eigenvalue weighted by Crippen LogP contribution is -2.08. The Hall–Kier alpha value is -2.74. The number of anilines is 2. The van der Waals surface area contributed by atoms with Gasteiger partial charge in [-0.2, -0.15) is 0 Å². The van der Waals surface area contributed by atoms with Crippen LogP contribution in [0.2, 0.25) is 0 Å². The highest BCUT2D eigenvalue weighted by Crippen LogP contribution is 2.29. The van der Waals surface area contributed by atoms with E-state index in [1.54, 1.807) is 13.4 Å². The summed E-state index contributed by atoms with van der Waals surface area (Å²) in [6.07, 6.45) is 6.50. The quantitative estimate of drug-likeness (QED) is 0.726. The zero-order chi connectivity index (χ0) is 19.7. The maximum atomic E-state index is 12.4. The second kappa shape index (κ2) is 7.71. The summed E-state index contributed by atoms with van der Waals surface area (Å²) in [4.78, 5) is 14.3. The first kappa shape index (κ1) is 18.6. The number of hydrogen-bond donors (Lipinski definition) is 1. The van der Waals surface area contributed by atoms with Crippen molar-refractivity contribution in [1.82, 2.24) is 19.5 Å². The van der Waals surface area contributed by atoms with Crippen molar-refractivity contribution >= 4 is 22.4 Å². The maximum Gasteiger partial charge on any atom is 0.227 e. The molecule has 1 N–H and O–H groups in total. The van der Waals surface area contributed by atoms with E-state index in [1.807, 2.05) is 42.8 Å². The van der Waals surface area contributed by atoms with Gasteiger partial charge < -0.3 is 14.6 Å². The molecule has 0 saturated carbocycles. The van der Waals surface area contributed by atoms with Gasteiger partial charge in [-0.15, -0.1) is 0 Å². The molecule has 1 aromatic carbocycles. The third-order valence-electron chi connectivity index (χ3n) is 4.75. The maximum absolute atomic E-state index is 12.4. The Kier molecular flexibility index (Phi) is 5.13. The fourth-order valence-corrected chi connectivity index (χ4v) is 4.88. The van der Waals surface area contributed by atoms with Crippen molar-refractivity contribution in [3.05, 3.63) is 47.8 Å². The smallest absolute Gasteiger partial charge is 0.227 e. The standard InChI is InChI=1S/C20H23N5O2S/c1-13-11-25(12-21-13)17-8-7-15(10-18(17)27-3)23-20-22-14(2)19-16(24-20)6-4-5-9-28(19)26/h7-8,10-12H,4-6,9H2,1-3H3,(H,22,23,24). The Labute approximate surface area is 166 Å². The molecule has 7 nitrogen and oxygen atoms in total. The summed E-state index contributed by atoms with van der Waals surface area (Å²) in [5.74, 6) is 1.93. The first-order chi connectivity index (χ1) is 13.5. The first-order valence-electron chi connectivity index (χ1n) is 9.27. The number of ether oxygens (including phenoxy) is 1. The number of rotatable bonds is 4. The number of imidazole rings is 1. The zero-order valence-corrected chi connectivity index (χ0v) is 17.0. The molecule has 2 aromatic heterocycles. The van der Waals surface area contributed by atoms with Crippen LogP contribution in [0.25, 0.3) is 5.69 Å². The lowest BCUT2D eigenvalue weighted by molar-refractivity contribution is 0.413. The topological polar surface area (TPSA) is 81.9 Å². The van der Waals surface area contributed by atoms with Crippen molar-refractivity contribution in [3.63, 3.8) is 0 Å². The second-order valence-corrected chi connectivity index (χ2v) is 8.36. The van der Waals surface area contributed by atoms with Gasteiger partial charge in [-0.1, -0.05) is 0 Å². The largest absolute Gasteiger partial charge is 0.494 e. The van der Waals surface area contributed by atoms with Gasteiger partial charge in [-0.25, -0.2) is 15.0 Å². The average Bonchev–Trinajstić information content (AvgIpc) is 3.01. The van der Waals surface area contributed by atoms with Crippen LogP contribution in [-0.4, -0.2) is 36.6 Å². The predicted molar refractivity (Wildman–Crippen MR) is 109 cm³/mol. The predicted octanol–water partition coefficient (Wildman–Crippen LogP) is 3.48. The Balaban J connectivity index is 1.65. The zero-order valence-electron chi connectivity index (χ0n) is 16.2. The average molecular weight is 398 g/mol. The molecule has 0 amide bonds. The molecule has 0 saturated heterocycles. The molecule has 1 unspecified atom stereocenters. The summed E-state index contributed by atoms with van der Waals surface area (Å²) in [6, 6.07) is 5.83. The van der Waals surface area contributed by atoms with Crippen LogP contribution >= 0.6 is 0 Å². The van der Waals surface area contributed by atoms with E-state index in [9.17, 15) is 4.21 Å². The Morgan fingerprint density at radius 2 is 2.07 bits per heavy atom.